The Hall–Kier alpha value is -1.06. The maximum atomic E-state index is 10.4. The molecule has 0 saturated heterocycles. The number of aryl methyl sites for hydroxylation is 2. The highest BCUT2D eigenvalue weighted by Crippen LogP contribution is 2.26. The highest BCUT2D eigenvalue weighted by molar-refractivity contribution is 5.38. The molecule has 0 heterocycles. The summed E-state index contributed by atoms with van der Waals surface area (Å²) < 4.78 is 5.85. The van der Waals surface area contributed by atoms with Gasteiger partial charge in [0.1, 0.15) is 18.5 Å². The Kier molecular flexibility index (Phi) is 5.96. The van der Waals surface area contributed by atoms with E-state index in [-0.39, 0.29) is 0 Å². The molecule has 3 nitrogen and oxygen atoms in total. The Balaban J connectivity index is 1.47. The number of likely N-dealkylation sites (N-methyl/N-ethyl adjacent to an activating group) is 1. The van der Waals surface area contributed by atoms with Crippen LogP contribution in [0.2, 0.25) is 0 Å². The number of ether oxygens (including phenoxy) is 1. The molecule has 1 N–H and O–H groups in total. The largest absolute Gasteiger partial charge is 0.491 e. The average Bonchev–Trinajstić information content (AvgIpc) is 3.06. The zero-order valence-corrected chi connectivity index (χ0v) is 14.5. The molecule has 0 bridgehead atoms. The number of aliphatic hydroxyl groups is 1. The van der Waals surface area contributed by atoms with Crippen molar-refractivity contribution in [2.75, 3.05) is 19.7 Å². The second-order valence-corrected chi connectivity index (χ2v) is 7.13. The first-order valence-electron chi connectivity index (χ1n) is 9.43. The van der Waals surface area contributed by atoms with Gasteiger partial charge in [0.05, 0.1) is 0 Å². The van der Waals surface area contributed by atoms with Gasteiger partial charge in [0, 0.05) is 12.6 Å². The molecule has 1 saturated carbocycles. The zero-order valence-electron chi connectivity index (χ0n) is 14.5. The number of fused-ring (bicyclic) bond motifs is 1. The van der Waals surface area contributed by atoms with E-state index in [1.165, 1.54) is 62.5 Å². The third-order valence-corrected chi connectivity index (χ3v) is 5.45. The van der Waals surface area contributed by atoms with Crippen molar-refractivity contribution in [1.29, 1.82) is 0 Å². The minimum Gasteiger partial charge on any atom is -0.491 e. The van der Waals surface area contributed by atoms with Gasteiger partial charge in [0.15, 0.2) is 0 Å². The van der Waals surface area contributed by atoms with E-state index in [2.05, 4.69) is 30.0 Å². The third-order valence-electron chi connectivity index (χ3n) is 5.45. The standard InChI is InChI=1S/C20H31NO2/c1-2-21(18-9-4-3-5-10-18)14-19(22)15-23-20-12-11-16-7-6-8-17(16)13-20/h11-13,18-19,22H,2-10,14-15H2,1H3. The first kappa shape index (κ1) is 16.8. The second-order valence-electron chi connectivity index (χ2n) is 7.13. The Labute approximate surface area is 140 Å². The van der Waals surface area contributed by atoms with Crippen molar-refractivity contribution in [1.82, 2.24) is 4.90 Å². The lowest BCUT2D eigenvalue weighted by atomic mass is 9.94. The fourth-order valence-electron chi connectivity index (χ4n) is 4.14. The van der Waals surface area contributed by atoms with Gasteiger partial charge in [0.2, 0.25) is 0 Å². The van der Waals surface area contributed by atoms with Gasteiger partial charge in [-0.3, -0.25) is 4.90 Å². The summed E-state index contributed by atoms with van der Waals surface area (Å²) in [6.07, 6.45) is 9.83. The molecule has 1 aromatic rings. The molecule has 0 aliphatic heterocycles. The van der Waals surface area contributed by atoms with Crippen LogP contribution in [0.3, 0.4) is 0 Å². The molecule has 1 atom stereocenters. The van der Waals surface area contributed by atoms with Crippen LogP contribution in [0, 0.1) is 0 Å². The maximum Gasteiger partial charge on any atom is 0.119 e. The van der Waals surface area contributed by atoms with Crippen molar-refractivity contribution in [2.24, 2.45) is 0 Å². The van der Waals surface area contributed by atoms with Crippen LogP contribution in [-0.2, 0) is 12.8 Å². The minimum atomic E-state index is -0.412. The summed E-state index contributed by atoms with van der Waals surface area (Å²) in [5.41, 5.74) is 2.89. The smallest absolute Gasteiger partial charge is 0.119 e. The molecule has 3 rings (SSSR count). The predicted molar refractivity (Wildman–Crippen MR) is 94.1 cm³/mol. The van der Waals surface area contributed by atoms with Gasteiger partial charge in [-0.15, -0.1) is 0 Å². The van der Waals surface area contributed by atoms with Crippen molar-refractivity contribution in [3.8, 4) is 5.75 Å². The van der Waals surface area contributed by atoms with Gasteiger partial charge in [-0.2, -0.15) is 0 Å². The lowest BCUT2D eigenvalue weighted by Crippen LogP contribution is -2.43. The molecule has 2 aliphatic rings. The van der Waals surface area contributed by atoms with Gasteiger partial charge in [-0.1, -0.05) is 32.3 Å². The Morgan fingerprint density at radius 3 is 2.70 bits per heavy atom. The first-order chi connectivity index (χ1) is 11.3. The topological polar surface area (TPSA) is 32.7 Å². The van der Waals surface area contributed by atoms with Crippen LogP contribution in [0.5, 0.6) is 5.75 Å². The number of nitrogens with zero attached hydrogens (tertiary/aromatic N) is 1. The summed E-state index contributed by atoms with van der Waals surface area (Å²) >= 11 is 0. The molecular formula is C20H31NO2. The Morgan fingerprint density at radius 1 is 1.13 bits per heavy atom. The summed E-state index contributed by atoms with van der Waals surface area (Å²) in [5, 5.41) is 10.4. The van der Waals surface area contributed by atoms with Crippen molar-refractivity contribution in [3.63, 3.8) is 0 Å². The normalized spacial score (nSPS) is 19.8. The van der Waals surface area contributed by atoms with E-state index in [9.17, 15) is 5.11 Å². The summed E-state index contributed by atoms with van der Waals surface area (Å²) in [6, 6.07) is 7.05. The lowest BCUT2D eigenvalue weighted by Gasteiger charge is -2.34. The summed E-state index contributed by atoms with van der Waals surface area (Å²) in [7, 11) is 0. The molecular weight excluding hydrogens is 286 g/mol. The Bertz CT molecular complexity index is 496. The van der Waals surface area contributed by atoms with E-state index in [1.54, 1.807) is 0 Å². The number of aliphatic hydroxyl groups excluding tert-OH is 1. The Morgan fingerprint density at radius 2 is 1.91 bits per heavy atom. The van der Waals surface area contributed by atoms with Gasteiger partial charge >= 0.3 is 0 Å². The molecule has 1 unspecified atom stereocenters. The monoisotopic (exact) mass is 317 g/mol. The molecule has 0 aromatic heterocycles. The summed E-state index contributed by atoms with van der Waals surface area (Å²) in [4.78, 5) is 2.44. The summed E-state index contributed by atoms with van der Waals surface area (Å²) in [6.45, 7) is 4.33. The van der Waals surface area contributed by atoms with Crippen molar-refractivity contribution in [3.05, 3.63) is 29.3 Å². The zero-order chi connectivity index (χ0) is 16.1. The minimum absolute atomic E-state index is 0.391. The molecule has 3 heteroatoms. The van der Waals surface area contributed by atoms with E-state index in [4.69, 9.17) is 4.74 Å². The van der Waals surface area contributed by atoms with Crippen LogP contribution in [0.15, 0.2) is 18.2 Å². The molecule has 0 spiro atoms. The van der Waals surface area contributed by atoms with Crippen molar-refractivity contribution >= 4 is 0 Å². The van der Waals surface area contributed by atoms with Gasteiger partial charge in [0.25, 0.3) is 0 Å². The molecule has 128 valence electrons. The molecule has 0 radical (unpaired) electrons. The average molecular weight is 317 g/mol. The fraction of sp³-hybridized carbons (Fsp3) is 0.700. The van der Waals surface area contributed by atoms with Gasteiger partial charge in [-0.05, 0) is 61.9 Å². The molecule has 23 heavy (non-hydrogen) atoms. The first-order valence-corrected chi connectivity index (χ1v) is 9.43. The van der Waals surface area contributed by atoms with Crippen molar-refractivity contribution in [2.45, 2.75) is 70.4 Å². The van der Waals surface area contributed by atoms with Crippen LogP contribution in [0.4, 0.5) is 0 Å². The molecule has 0 amide bonds. The molecule has 2 aliphatic carbocycles. The van der Waals surface area contributed by atoms with E-state index in [0.29, 0.717) is 12.6 Å². The maximum absolute atomic E-state index is 10.4. The van der Waals surface area contributed by atoms with Crippen molar-refractivity contribution < 1.29 is 9.84 Å². The molecule has 1 fully saturated rings. The van der Waals surface area contributed by atoms with Gasteiger partial charge in [-0.25, -0.2) is 0 Å². The number of rotatable bonds is 7. The van der Waals surface area contributed by atoms with E-state index in [0.717, 1.165) is 18.8 Å². The van der Waals surface area contributed by atoms with Crippen LogP contribution >= 0.6 is 0 Å². The van der Waals surface area contributed by atoms with E-state index in [1.807, 2.05) is 0 Å². The van der Waals surface area contributed by atoms with Crippen LogP contribution in [0.1, 0.15) is 56.6 Å². The lowest BCUT2D eigenvalue weighted by molar-refractivity contribution is 0.0463. The van der Waals surface area contributed by atoms with E-state index >= 15 is 0 Å². The highest BCUT2D eigenvalue weighted by atomic mass is 16.5. The number of hydrogen-bond donors (Lipinski definition) is 1. The number of benzene rings is 1. The summed E-state index contributed by atoms with van der Waals surface area (Å²) in [5.74, 6) is 0.908. The number of hydrogen-bond acceptors (Lipinski definition) is 3. The predicted octanol–water partition coefficient (Wildman–Crippen LogP) is 3.57. The van der Waals surface area contributed by atoms with Crippen LogP contribution in [-0.4, -0.2) is 41.8 Å². The third kappa shape index (κ3) is 4.48. The van der Waals surface area contributed by atoms with E-state index < -0.39 is 6.10 Å². The SMILES string of the molecule is CCN(CC(O)COc1ccc2c(c1)CCC2)C1CCCCC1. The second kappa shape index (κ2) is 8.16. The van der Waals surface area contributed by atoms with Gasteiger partial charge < -0.3 is 9.84 Å². The quantitative estimate of drug-likeness (QED) is 0.834. The fourth-order valence-corrected chi connectivity index (χ4v) is 4.14. The van der Waals surface area contributed by atoms with Crippen LogP contribution in [0.25, 0.3) is 0 Å². The molecule has 1 aromatic carbocycles. The van der Waals surface area contributed by atoms with Crippen LogP contribution < -0.4 is 4.74 Å². The highest BCUT2D eigenvalue weighted by Gasteiger charge is 2.22.